The molecule has 0 radical (unpaired) electrons. The summed E-state index contributed by atoms with van der Waals surface area (Å²) in [6, 6.07) is 5.80. The van der Waals surface area contributed by atoms with Gasteiger partial charge in [-0.1, -0.05) is 0 Å². The van der Waals surface area contributed by atoms with Crippen molar-refractivity contribution in [2.45, 2.75) is 70.0 Å². The van der Waals surface area contributed by atoms with Crippen LogP contribution in [0.3, 0.4) is 0 Å². The lowest BCUT2D eigenvalue weighted by molar-refractivity contribution is 0.0591. The Morgan fingerprint density at radius 2 is 2.00 bits per heavy atom. The summed E-state index contributed by atoms with van der Waals surface area (Å²) >= 11 is 1.49. The maximum atomic E-state index is 13.5. The third-order valence-electron chi connectivity index (χ3n) is 7.40. The van der Waals surface area contributed by atoms with E-state index in [1.54, 1.807) is 13.2 Å². The minimum atomic E-state index is -0.388. The highest BCUT2D eigenvalue weighted by Gasteiger charge is 2.31. The van der Waals surface area contributed by atoms with E-state index in [9.17, 15) is 14.4 Å². The first-order chi connectivity index (χ1) is 17.7. The van der Waals surface area contributed by atoms with Crippen LogP contribution in [0.15, 0.2) is 34.1 Å². The molecule has 0 bridgehead atoms. The zero-order valence-corrected chi connectivity index (χ0v) is 22.8. The molecule has 2 amide bonds. The van der Waals surface area contributed by atoms with Gasteiger partial charge in [-0.05, 0) is 76.8 Å². The van der Waals surface area contributed by atoms with Crippen LogP contribution in [0.1, 0.15) is 66.0 Å². The highest BCUT2D eigenvalue weighted by atomic mass is 32.2. The zero-order chi connectivity index (χ0) is 26.7. The number of carbonyl (C=O) groups is 2. The molecule has 1 atom stereocenters. The second-order valence-electron chi connectivity index (χ2n) is 9.65. The number of H-pyrrole nitrogens is 1. The Morgan fingerprint density at radius 1 is 1.27 bits per heavy atom. The van der Waals surface area contributed by atoms with E-state index in [2.05, 4.69) is 32.1 Å². The molecule has 3 N–H and O–H groups in total. The van der Waals surface area contributed by atoms with E-state index in [-0.39, 0.29) is 36.3 Å². The summed E-state index contributed by atoms with van der Waals surface area (Å²) in [6.07, 6.45) is 6.67. The minimum absolute atomic E-state index is 0.0681. The van der Waals surface area contributed by atoms with Gasteiger partial charge in [0.15, 0.2) is 0 Å². The average molecular weight is 526 g/mol. The lowest BCUT2D eigenvalue weighted by Crippen LogP contribution is -2.31. The molecule has 1 fully saturated rings. The monoisotopic (exact) mass is 525 g/mol. The highest BCUT2D eigenvalue weighted by Crippen LogP contribution is 2.38. The molecule has 37 heavy (non-hydrogen) atoms. The minimum Gasteiger partial charge on any atom is -0.446 e. The summed E-state index contributed by atoms with van der Waals surface area (Å²) in [6.45, 7) is 6.11. The van der Waals surface area contributed by atoms with E-state index >= 15 is 0 Å². The maximum Gasteiger partial charge on any atom is 0.407 e. The van der Waals surface area contributed by atoms with Crippen LogP contribution in [-0.2, 0) is 11.3 Å². The summed E-state index contributed by atoms with van der Waals surface area (Å²) in [5, 5.41) is 6.29. The van der Waals surface area contributed by atoms with E-state index in [4.69, 9.17) is 4.74 Å². The van der Waals surface area contributed by atoms with Crippen molar-refractivity contribution in [3.05, 3.63) is 57.3 Å². The lowest BCUT2D eigenvalue weighted by Gasteiger charge is -2.33. The fraction of sp³-hybridized carbons (Fsp3) is 0.481. The fourth-order valence-electron chi connectivity index (χ4n) is 5.45. The van der Waals surface area contributed by atoms with Crippen molar-refractivity contribution in [3.8, 4) is 0 Å². The number of hydrogen-bond donors (Lipinski definition) is 3. The summed E-state index contributed by atoms with van der Waals surface area (Å²) < 4.78 is 7.62. The normalized spacial score (nSPS) is 18.4. The first kappa shape index (κ1) is 26.8. The van der Waals surface area contributed by atoms with Gasteiger partial charge in [-0.25, -0.2) is 9.78 Å². The third kappa shape index (κ3) is 5.53. The van der Waals surface area contributed by atoms with Crippen molar-refractivity contribution in [2.24, 2.45) is 5.92 Å². The van der Waals surface area contributed by atoms with Gasteiger partial charge >= 0.3 is 6.09 Å². The van der Waals surface area contributed by atoms with Crippen LogP contribution in [0.2, 0.25) is 0 Å². The Kier molecular flexibility index (Phi) is 8.26. The molecule has 3 heterocycles. The van der Waals surface area contributed by atoms with Gasteiger partial charge in [0.1, 0.15) is 11.8 Å². The van der Waals surface area contributed by atoms with Crippen molar-refractivity contribution in [2.75, 3.05) is 13.3 Å². The van der Waals surface area contributed by atoms with Crippen LogP contribution >= 0.6 is 11.8 Å². The number of carbonyl (C=O) groups excluding carboxylic acids is 2. The number of fused-ring (bicyclic) bond motifs is 1. The SMILES string of the molecule is CNC(=O)OC1CCC([C@@H](C)n2c(C)c(C(=O)NCc3c(SC)cc(C)[nH]c3=O)c3cccnc32)CC1. The van der Waals surface area contributed by atoms with Crippen molar-refractivity contribution in [3.63, 3.8) is 0 Å². The predicted molar refractivity (Wildman–Crippen MR) is 145 cm³/mol. The van der Waals surface area contributed by atoms with Gasteiger partial charge in [0.25, 0.3) is 11.5 Å². The second-order valence-corrected chi connectivity index (χ2v) is 10.5. The number of ether oxygens (including phenoxy) is 1. The zero-order valence-electron chi connectivity index (χ0n) is 22.0. The topological polar surface area (TPSA) is 118 Å². The van der Waals surface area contributed by atoms with E-state index in [1.165, 1.54) is 11.8 Å². The molecular formula is C27H35N5O4S. The Hall–Kier alpha value is -3.27. The first-order valence-electron chi connectivity index (χ1n) is 12.6. The molecule has 198 valence electrons. The summed E-state index contributed by atoms with van der Waals surface area (Å²) in [5.74, 6) is 0.142. The molecule has 1 aliphatic rings. The van der Waals surface area contributed by atoms with Crippen LogP contribution in [0.25, 0.3) is 11.0 Å². The van der Waals surface area contributed by atoms with Gasteiger partial charge < -0.3 is 24.9 Å². The molecule has 0 spiro atoms. The Balaban J connectivity index is 1.57. The number of rotatable bonds is 7. The first-order valence-corrected chi connectivity index (χ1v) is 13.9. The van der Waals surface area contributed by atoms with Crippen LogP contribution in [0.5, 0.6) is 0 Å². The molecule has 0 aromatic carbocycles. The molecule has 4 rings (SSSR count). The van der Waals surface area contributed by atoms with Crippen molar-refractivity contribution in [1.29, 1.82) is 0 Å². The number of hydrogen-bond acceptors (Lipinski definition) is 6. The number of amides is 2. The standard InChI is InChI=1S/C27H35N5O4S/c1-15-13-22(37-5)21(25(33)31-15)14-30-26(34)23-17(3)32(24-20(23)7-6-12-29-24)16(2)18-8-10-19(11-9-18)36-27(35)28-4/h6-7,12-13,16,18-19H,8-11,14H2,1-5H3,(H,28,35)(H,30,34)(H,31,33)/t16-,18?,19?/m1/s1. The Bertz CT molecular complexity index is 1360. The lowest BCUT2D eigenvalue weighted by atomic mass is 9.83. The number of alkyl carbamates (subject to hydrolysis) is 1. The number of aromatic amines is 1. The van der Waals surface area contributed by atoms with Crippen LogP contribution < -0.4 is 16.2 Å². The number of nitrogens with zero attached hydrogens (tertiary/aromatic N) is 2. The molecule has 1 aliphatic carbocycles. The highest BCUT2D eigenvalue weighted by molar-refractivity contribution is 7.98. The molecule has 10 heteroatoms. The van der Waals surface area contributed by atoms with E-state index in [0.717, 1.165) is 53.0 Å². The molecule has 0 saturated heterocycles. The average Bonchev–Trinajstić information content (AvgIpc) is 3.19. The molecule has 9 nitrogen and oxygen atoms in total. The second kappa shape index (κ2) is 11.4. The van der Waals surface area contributed by atoms with E-state index in [1.807, 2.05) is 38.3 Å². The Labute approximate surface area is 220 Å². The summed E-state index contributed by atoms with van der Waals surface area (Å²) in [5.41, 5.74) is 3.37. The van der Waals surface area contributed by atoms with Gasteiger partial charge in [0.2, 0.25) is 0 Å². The fourth-order valence-corrected chi connectivity index (χ4v) is 6.15. The predicted octanol–water partition coefficient (Wildman–Crippen LogP) is 4.47. The van der Waals surface area contributed by atoms with Crippen LogP contribution in [-0.4, -0.2) is 45.9 Å². The molecule has 0 aliphatic heterocycles. The van der Waals surface area contributed by atoms with Gasteiger partial charge in [0.05, 0.1) is 5.56 Å². The van der Waals surface area contributed by atoms with Crippen molar-refractivity contribution >= 4 is 34.8 Å². The maximum absolute atomic E-state index is 13.5. The van der Waals surface area contributed by atoms with Crippen LogP contribution in [0.4, 0.5) is 4.79 Å². The largest absolute Gasteiger partial charge is 0.446 e. The smallest absolute Gasteiger partial charge is 0.407 e. The van der Waals surface area contributed by atoms with Crippen molar-refractivity contribution in [1.82, 2.24) is 25.2 Å². The quantitative estimate of drug-likeness (QED) is 0.392. The van der Waals surface area contributed by atoms with Gasteiger partial charge in [-0.15, -0.1) is 11.8 Å². The summed E-state index contributed by atoms with van der Waals surface area (Å²) in [7, 11) is 1.57. The third-order valence-corrected chi connectivity index (χ3v) is 8.20. The van der Waals surface area contributed by atoms with E-state index in [0.29, 0.717) is 17.0 Å². The number of pyridine rings is 2. The van der Waals surface area contributed by atoms with Gasteiger partial charge in [0, 0.05) is 53.1 Å². The Morgan fingerprint density at radius 3 is 2.68 bits per heavy atom. The summed E-state index contributed by atoms with van der Waals surface area (Å²) in [4.78, 5) is 45.9. The molecular weight excluding hydrogens is 490 g/mol. The molecule has 1 saturated carbocycles. The van der Waals surface area contributed by atoms with Gasteiger partial charge in [-0.2, -0.15) is 0 Å². The number of aromatic nitrogens is 3. The number of aryl methyl sites for hydroxylation is 1. The number of thioether (sulfide) groups is 1. The number of nitrogens with one attached hydrogen (secondary N) is 3. The molecule has 0 unspecified atom stereocenters. The van der Waals surface area contributed by atoms with Crippen LogP contribution in [0, 0.1) is 19.8 Å². The van der Waals surface area contributed by atoms with Crippen molar-refractivity contribution < 1.29 is 14.3 Å². The molecule has 3 aromatic heterocycles. The van der Waals surface area contributed by atoms with E-state index < -0.39 is 0 Å². The molecule has 3 aromatic rings. The van der Waals surface area contributed by atoms with Gasteiger partial charge in [-0.3, -0.25) is 9.59 Å².